The summed E-state index contributed by atoms with van der Waals surface area (Å²) in [6.45, 7) is 0. The molecule has 1 aromatic heterocycles. The Hall–Kier alpha value is -3.39. The van der Waals surface area contributed by atoms with Crippen LogP contribution >= 0.6 is 0 Å². The summed E-state index contributed by atoms with van der Waals surface area (Å²) in [4.78, 5) is 0. The normalized spacial score (nSPS) is 10.6. The van der Waals surface area contributed by atoms with Gasteiger partial charge in [-0.15, -0.1) is 0 Å². The average Bonchev–Trinajstić information content (AvgIpc) is 2.70. The van der Waals surface area contributed by atoms with Crippen LogP contribution in [-0.2, 0) is 0 Å². The first kappa shape index (κ1) is 15.2. The molecule has 0 aliphatic heterocycles. The maximum Gasteiger partial charge on any atom is 0.361 e. The Bertz CT molecular complexity index is 918. The zero-order chi connectivity index (χ0) is 17.1. The van der Waals surface area contributed by atoms with E-state index in [1.807, 2.05) is 97.1 Å². The smallest absolute Gasteiger partial charge is 0.361 e. The van der Waals surface area contributed by atoms with Crippen molar-refractivity contribution in [2.75, 3.05) is 0 Å². The van der Waals surface area contributed by atoms with Crippen LogP contribution in [0.2, 0.25) is 0 Å². The molecule has 3 aromatic carbocycles. The van der Waals surface area contributed by atoms with E-state index in [4.69, 9.17) is 4.42 Å². The van der Waals surface area contributed by atoms with E-state index in [9.17, 15) is 5.11 Å². The second-order valence-corrected chi connectivity index (χ2v) is 5.78. The van der Waals surface area contributed by atoms with Crippen molar-refractivity contribution in [1.82, 2.24) is 0 Å². The van der Waals surface area contributed by atoms with Crippen LogP contribution in [0.4, 0.5) is 0 Å². The van der Waals surface area contributed by atoms with Gasteiger partial charge in [0.25, 0.3) is 0 Å². The van der Waals surface area contributed by atoms with Crippen molar-refractivity contribution in [2.24, 2.45) is 0 Å². The molecular weight excluding hydrogens is 308 g/mol. The van der Waals surface area contributed by atoms with Gasteiger partial charge in [-0.1, -0.05) is 66.7 Å². The Morgan fingerprint density at radius 2 is 1.04 bits per heavy atom. The molecule has 0 amide bonds. The molecule has 4 aromatic rings. The average molecular weight is 324 g/mol. The standard InChI is InChI=1S/C23H16O2/c24-22-20(17-10-4-1-5-11-17)16-21(18-12-6-2-7-13-18)25-23(22)19-14-8-3-9-15-19/h1-16H. The lowest BCUT2D eigenvalue weighted by Crippen LogP contribution is -1.98. The van der Waals surface area contributed by atoms with Gasteiger partial charge >= 0.3 is 11.5 Å². The summed E-state index contributed by atoms with van der Waals surface area (Å²) in [5.41, 5.74) is 3.25. The third-order valence-corrected chi connectivity index (χ3v) is 4.12. The predicted octanol–water partition coefficient (Wildman–Crippen LogP) is 5.64. The van der Waals surface area contributed by atoms with Crippen molar-refractivity contribution >= 4 is 0 Å². The number of rotatable bonds is 3. The lowest BCUT2D eigenvalue weighted by molar-refractivity contribution is -0.267. The minimum atomic E-state index is -0.0999. The molecule has 0 spiro atoms. The molecule has 120 valence electrons. The molecule has 0 saturated heterocycles. The third-order valence-electron chi connectivity index (χ3n) is 4.12. The number of benzene rings is 3. The first-order valence-electron chi connectivity index (χ1n) is 8.17. The molecule has 0 unspecified atom stereocenters. The topological polar surface area (TPSA) is 34.4 Å². The SMILES string of the molecule is [O-]c1c(-c2ccccc2)cc(-c2ccccc2)[o+]c1-c1ccccc1. The van der Waals surface area contributed by atoms with Crippen molar-refractivity contribution < 1.29 is 9.52 Å². The van der Waals surface area contributed by atoms with Crippen molar-refractivity contribution in [2.45, 2.75) is 0 Å². The molecule has 4 rings (SSSR count). The molecule has 1 heterocycles. The van der Waals surface area contributed by atoms with E-state index >= 15 is 0 Å². The van der Waals surface area contributed by atoms with E-state index in [0.717, 1.165) is 16.7 Å². The molecule has 0 atom stereocenters. The third kappa shape index (κ3) is 3.02. The zero-order valence-electron chi connectivity index (χ0n) is 13.6. The van der Waals surface area contributed by atoms with Crippen LogP contribution in [0.25, 0.3) is 33.8 Å². The molecule has 2 nitrogen and oxygen atoms in total. The van der Waals surface area contributed by atoms with Gasteiger partial charge in [-0.05, 0) is 35.4 Å². The van der Waals surface area contributed by atoms with Crippen LogP contribution in [0.15, 0.2) is 101 Å². The zero-order valence-corrected chi connectivity index (χ0v) is 13.6. The minimum absolute atomic E-state index is 0.0999. The second-order valence-electron chi connectivity index (χ2n) is 5.78. The van der Waals surface area contributed by atoms with Crippen molar-refractivity contribution in [3.63, 3.8) is 0 Å². The highest BCUT2D eigenvalue weighted by atomic mass is 16.4. The Morgan fingerprint density at radius 1 is 0.560 bits per heavy atom. The van der Waals surface area contributed by atoms with Crippen LogP contribution in [0.1, 0.15) is 0 Å². The summed E-state index contributed by atoms with van der Waals surface area (Å²) in [6.07, 6.45) is 0. The second kappa shape index (κ2) is 6.62. The van der Waals surface area contributed by atoms with Gasteiger partial charge in [0.15, 0.2) is 0 Å². The van der Waals surface area contributed by atoms with Crippen LogP contribution in [-0.4, -0.2) is 0 Å². The Morgan fingerprint density at radius 3 is 1.60 bits per heavy atom. The summed E-state index contributed by atoms with van der Waals surface area (Å²) in [5.74, 6) is 0.941. The van der Waals surface area contributed by atoms with Crippen LogP contribution in [0.5, 0.6) is 5.75 Å². The highest BCUT2D eigenvalue weighted by molar-refractivity contribution is 5.81. The van der Waals surface area contributed by atoms with Gasteiger partial charge in [-0.2, -0.15) is 0 Å². The highest BCUT2D eigenvalue weighted by Gasteiger charge is 2.22. The quantitative estimate of drug-likeness (QED) is 0.457. The van der Waals surface area contributed by atoms with Crippen LogP contribution in [0.3, 0.4) is 0 Å². The van der Waals surface area contributed by atoms with E-state index in [2.05, 4.69) is 0 Å². The first-order chi connectivity index (χ1) is 12.3. The predicted molar refractivity (Wildman–Crippen MR) is 98.9 cm³/mol. The molecule has 0 fully saturated rings. The molecular formula is C23H16O2. The van der Waals surface area contributed by atoms with Crippen molar-refractivity contribution in [3.05, 3.63) is 97.1 Å². The van der Waals surface area contributed by atoms with Gasteiger partial charge in [0.05, 0.1) is 17.2 Å². The molecule has 0 aliphatic rings. The highest BCUT2D eigenvalue weighted by Crippen LogP contribution is 2.40. The van der Waals surface area contributed by atoms with Crippen molar-refractivity contribution in [3.8, 4) is 39.5 Å². The fraction of sp³-hybridized carbons (Fsp3) is 0. The molecule has 25 heavy (non-hydrogen) atoms. The van der Waals surface area contributed by atoms with Gasteiger partial charge < -0.3 is 5.11 Å². The Kier molecular flexibility index (Phi) is 4.01. The van der Waals surface area contributed by atoms with Gasteiger partial charge in [0.2, 0.25) is 0 Å². The van der Waals surface area contributed by atoms with E-state index < -0.39 is 0 Å². The van der Waals surface area contributed by atoms with E-state index in [1.54, 1.807) is 0 Å². The monoisotopic (exact) mass is 324 g/mol. The lowest BCUT2D eigenvalue weighted by Gasteiger charge is -2.12. The number of hydrogen-bond donors (Lipinski definition) is 0. The molecule has 0 radical (unpaired) electrons. The summed E-state index contributed by atoms with van der Waals surface area (Å²) in [7, 11) is 0. The van der Waals surface area contributed by atoms with Crippen LogP contribution in [0, 0.1) is 0 Å². The first-order valence-corrected chi connectivity index (χ1v) is 8.17. The minimum Gasteiger partial charge on any atom is -0.866 e. The molecule has 0 N–H and O–H groups in total. The maximum absolute atomic E-state index is 13.1. The summed E-state index contributed by atoms with van der Waals surface area (Å²) in [6, 6.07) is 30.9. The number of hydrogen-bond acceptors (Lipinski definition) is 1. The summed E-state index contributed by atoms with van der Waals surface area (Å²) >= 11 is 0. The van der Waals surface area contributed by atoms with E-state index in [0.29, 0.717) is 17.1 Å². The van der Waals surface area contributed by atoms with Gasteiger partial charge in [-0.3, -0.25) is 0 Å². The van der Waals surface area contributed by atoms with Crippen LogP contribution < -0.4 is 5.11 Å². The van der Waals surface area contributed by atoms with Gasteiger partial charge in [-0.25, -0.2) is 4.42 Å². The Balaban J connectivity index is 1.98. The van der Waals surface area contributed by atoms with E-state index in [1.165, 1.54) is 0 Å². The molecule has 0 saturated carbocycles. The Labute approximate surface area is 146 Å². The molecule has 0 aliphatic carbocycles. The fourth-order valence-corrected chi connectivity index (χ4v) is 2.86. The fourth-order valence-electron chi connectivity index (χ4n) is 2.86. The van der Waals surface area contributed by atoms with Gasteiger partial charge in [0.1, 0.15) is 0 Å². The summed E-state index contributed by atoms with van der Waals surface area (Å²) < 4.78 is 6.03. The molecule has 2 heteroatoms. The van der Waals surface area contributed by atoms with Gasteiger partial charge in [0, 0.05) is 5.75 Å². The largest absolute Gasteiger partial charge is 0.866 e. The lowest BCUT2D eigenvalue weighted by atomic mass is 10.0. The molecule has 0 bridgehead atoms. The van der Waals surface area contributed by atoms with Crippen molar-refractivity contribution in [1.29, 1.82) is 0 Å². The summed E-state index contributed by atoms with van der Waals surface area (Å²) in [5, 5.41) is 13.1. The van der Waals surface area contributed by atoms with E-state index in [-0.39, 0.29) is 5.75 Å². The maximum atomic E-state index is 13.1.